The molecule has 0 aromatic heterocycles. The fourth-order valence-electron chi connectivity index (χ4n) is 2.39. The first kappa shape index (κ1) is 15.5. The van der Waals surface area contributed by atoms with Crippen molar-refractivity contribution in [3.05, 3.63) is 65.5 Å². The number of phenolic OH excluding ortho intramolecular Hbond substituents is 1. The molecule has 2 aromatic carbocycles. The Morgan fingerprint density at radius 1 is 1.14 bits per heavy atom. The maximum absolute atomic E-state index is 13.0. The van der Waals surface area contributed by atoms with E-state index in [0.29, 0.717) is 5.56 Å². The smallest absolute Gasteiger partial charge is 0.126 e. The Kier molecular flexibility index (Phi) is 4.63. The van der Waals surface area contributed by atoms with Gasteiger partial charge >= 0.3 is 0 Å². The van der Waals surface area contributed by atoms with E-state index in [1.54, 1.807) is 6.07 Å². The number of halogens is 1. The van der Waals surface area contributed by atoms with E-state index in [1.807, 2.05) is 25.1 Å². The third-order valence-electron chi connectivity index (χ3n) is 3.86. The third kappa shape index (κ3) is 3.82. The third-order valence-corrected chi connectivity index (χ3v) is 3.86. The van der Waals surface area contributed by atoms with Crippen LogP contribution in [0.2, 0.25) is 0 Å². The number of hydrogen-bond acceptors (Lipinski definition) is 2. The van der Waals surface area contributed by atoms with E-state index in [0.717, 1.165) is 12.6 Å². The lowest BCUT2D eigenvalue weighted by Gasteiger charge is -2.28. The van der Waals surface area contributed by atoms with Crippen molar-refractivity contribution in [3.8, 4) is 5.75 Å². The maximum atomic E-state index is 13.0. The Morgan fingerprint density at radius 2 is 1.81 bits per heavy atom. The second-order valence-corrected chi connectivity index (χ2v) is 6.06. The van der Waals surface area contributed by atoms with Gasteiger partial charge in [-0.05, 0) is 18.6 Å². The van der Waals surface area contributed by atoms with Gasteiger partial charge in [0.2, 0.25) is 0 Å². The molecule has 2 rings (SSSR count). The predicted molar refractivity (Wildman–Crippen MR) is 84.0 cm³/mol. The van der Waals surface area contributed by atoms with E-state index in [4.69, 9.17) is 0 Å². The molecule has 3 heteroatoms. The molecule has 2 nitrogen and oxygen atoms in total. The second kappa shape index (κ2) is 6.27. The lowest BCUT2D eigenvalue weighted by atomic mass is 9.84. The van der Waals surface area contributed by atoms with Crippen molar-refractivity contribution in [1.29, 1.82) is 0 Å². The van der Waals surface area contributed by atoms with Gasteiger partial charge in [-0.15, -0.1) is 0 Å². The number of nitrogens with one attached hydrogen (secondary N) is 1. The summed E-state index contributed by atoms with van der Waals surface area (Å²) in [6, 6.07) is 14.4. The van der Waals surface area contributed by atoms with Crippen LogP contribution in [0.4, 0.5) is 4.39 Å². The van der Waals surface area contributed by atoms with E-state index in [9.17, 15) is 9.50 Å². The first-order chi connectivity index (χ1) is 9.90. The monoisotopic (exact) mass is 287 g/mol. The molecule has 0 heterocycles. The van der Waals surface area contributed by atoms with Gasteiger partial charge in [0.15, 0.2) is 0 Å². The van der Waals surface area contributed by atoms with Crippen LogP contribution in [-0.2, 0) is 5.41 Å². The van der Waals surface area contributed by atoms with Crippen molar-refractivity contribution in [2.24, 2.45) is 0 Å². The van der Waals surface area contributed by atoms with Gasteiger partial charge in [0.1, 0.15) is 11.6 Å². The van der Waals surface area contributed by atoms with Crippen LogP contribution in [-0.4, -0.2) is 11.7 Å². The zero-order chi connectivity index (χ0) is 15.5. The van der Waals surface area contributed by atoms with Gasteiger partial charge in [-0.2, -0.15) is 0 Å². The van der Waals surface area contributed by atoms with Crippen molar-refractivity contribution in [2.75, 3.05) is 6.54 Å². The van der Waals surface area contributed by atoms with Gasteiger partial charge in [-0.25, -0.2) is 4.39 Å². The van der Waals surface area contributed by atoms with Crippen LogP contribution in [0.5, 0.6) is 5.75 Å². The summed E-state index contributed by atoms with van der Waals surface area (Å²) in [5, 5.41) is 13.2. The molecular weight excluding hydrogens is 265 g/mol. The zero-order valence-electron chi connectivity index (χ0n) is 12.7. The normalized spacial score (nSPS) is 13.1. The number of hydrogen-bond donors (Lipinski definition) is 2. The van der Waals surface area contributed by atoms with Gasteiger partial charge < -0.3 is 10.4 Å². The summed E-state index contributed by atoms with van der Waals surface area (Å²) in [6.45, 7) is 7.07. The molecule has 112 valence electrons. The standard InChI is InChI=1S/C18H22FNO/c1-13(16-10-9-15(19)11-17(16)21)20-12-18(2,3)14-7-5-4-6-8-14/h4-11,13,20-21H,12H2,1-3H3. The lowest BCUT2D eigenvalue weighted by Crippen LogP contribution is -2.34. The zero-order valence-corrected chi connectivity index (χ0v) is 12.7. The summed E-state index contributed by atoms with van der Waals surface area (Å²) < 4.78 is 13.0. The molecule has 0 saturated heterocycles. The van der Waals surface area contributed by atoms with Crippen molar-refractivity contribution < 1.29 is 9.50 Å². The Balaban J connectivity index is 2.05. The maximum Gasteiger partial charge on any atom is 0.126 e. The highest BCUT2D eigenvalue weighted by atomic mass is 19.1. The van der Waals surface area contributed by atoms with Crippen LogP contribution in [0.3, 0.4) is 0 Å². The van der Waals surface area contributed by atoms with Crippen LogP contribution >= 0.6 is 0 Å². The average Bonchev–Trinajstić information content (AvgIpc) is 2.46. The van der Waals surface area contributed by atoms with Crippen molar-refractivity contribution in [2.45, 2.75) is 32.2 Å². The van der Waals surface area contributed by atoms with Gasteiger partial charge in [-0.3, -0.25) is 0 Å². The van der Waals surface area contributed by atoms with Gasteiger partial charge in [-0.1, -0.05) is 50.2 Å². The Bertz CT molecular complexity index is 595. The van der Waals surface area contributed by atoms with Crippen molar-refractivity contribution in [1.82, 2.24) is 5.32 Å². The highest BCUT2D eigenvalue weighted by Gasteiger charge is 2.21. The minimum absolute atomic E-state index is 0.00693. The fraction of sp³-hybridized carbons (Fsp3) is 0.333. The predicted octanol–water partition coefficient (Wildman–Crippen LogP) is 4.16. The van der Waals surface area contributed by atoms with E-state index in [-0.39, 0.29) is 17.2 Å². The highest BCUT2D eigenvalue weighted by molar-refractivity contribution is 5.35. The average molecular weight is 287 g/mol. The molecule has 0 fully saturated rings. The summed E-state index contributed by atoms with van der Waals surface area (Å²) in [5.74, 6) is -0.430. The number of phenols is 1. The van der Waals surface area contributed by atoms with E-state index in [2.05, 4.69) is 31.3 Å². The first-order valence-corrected chi connectivity index (χ1v) is 7.17. The molecule has 0 aliphatic carbocycles. The number of benzene rings is 2. The molecule has 0 bridgehead atoms. The SMILES string of the molecule is CC(NCC(C)(C)c1ccccc1)c1ccc(F)cc1O. The molecule has 0 amide bonds. The molecule has 0 aliphatic rings. The summed E-state index contributed by atoms with van der Waals surface area (Å²) in [7, 11) is 0. The summed E-state index contributed by atoms with van der Waals surface area (Å²) >= 11 is 0. The minimum atomic E-state index is -0.423. The van der Waals surface area contributed by atoms with Crippen LogP contribution in [0.1, 0.15) is 37.9 Å². The number of aromatic hydroxyl groups is 1. The van der Waals surface area contributed by atoms with Crippen molar-refractivity contribution >= 4 is 0 Å². The van der Waals surface area contributed by atoms with Gasteiger partial charge in [0, 0.05) is 29.6 Å². The molecule has 2 N–H and O–H groups in total. The largest absolute Gasteiger partial charge is 0.508 e. The van der Waals surface area contributed by atoms with E-state index >= 15 is 0 Å². The van der Waals surface area contributed by atoms with E-state index < -0.39 is 5.82 Å². The summed E-state index contributed by atoms with van der Waals surface area (Å²) in [5.41, 5.74) is 1.94. The Morgan fingerprint density at radius 3 is 2.43 bits per heavy atom. The van der Waals surface area contributed by atoms with Crippen LogP contribution < -0.4 is 5.32 Å². The summed E-state index contributed by atoms with van der Waals surface area (Å²) in [6.07, 6.45) is 0. The molecule has 0 aliphatic heterocycles. The Hall–Kier alpha value is -1.87. The van der Waals surface area contributed by atoms with Gasteiger partial charge in [0.25, 0.3) is 0 Å². The minimum Gasteiger partial charge on any atom is -0.508 e. The lowest BCUT2D eigenvalue weighted by molar-refractivity contribution is 0.415. The van der Waals surface area contributed by atoms with E-state index in [1.165, 1.54) is 11.6 Å². The number of rotatable bonds is 5. The van der Waals surface area contributed by atoms with Crippen LogP contribution in [0, 0.1) is 5.82 Å². The Labute approximate surface area is 125 Å². The first-order valence-electron chi connectivity index (χ1n) is 7.17. The summed E-state index contributed by atoms with van der Waals surface area (Å²) in [4.78, 5) is 0. The van der Waals surface area contributed by atoms with Gasteiger partial charge in [0.05, 0.1) is 0 Å². The quantitative estimate of drug-likeness (QED) is 0.865. The highest BCUT2D eigenvalue weighted by Crippen LogP contribution is 2.27. The molecule has 1 unspecified atom stereocenters. The molecule has 21 heavy (non-hydrogen) atoms. The van der Waals surface area contributed by atoms with Crippen molar-refractivity contribution in [3.63, 3.8) is 0 Å². The molecule has 0 radical (unpaired) electrons. The molecule has 1 atom stereocenters. The topological polar surface area (TPSA) is 32.3 Å². The van der Waals surface area contributed by atoms with Crippen LogP contribution in [0.25, 0.3) is 0 Å². The van der Waals surface area contributed by atoms with Crippen LogP contribution in [0.15, 0.2) is 48.5 Å². The molecular formula is C18H22FNO. The molecule has 0 spiro atoms. The molecule has 0 saturated carbocycles. The molecule has 2 aromatic rings. The second-order valence-electron chi connectivity index (χ2n) is 6.06. The fourth-order valence-corrected chi connectivity index (χ4v) is 2.39.